The zero-order valence-electron chi connectivity index (χ0n) is 13.1. The molecule has 0 aliphatic rings. The Morgan fingerprint density at radius 3 is 2.68 bits per heavy atom. The lowest BCUT2D eigenvalue weighted by Crippen LogP contribution is -2.34. The van der Waals surface area contributed by atoms with E-state index in [0.717, 1.165) is 5.56 Å². The van der Waals surface area contributed by atoms with Crippen molar-refractivity contribution in [2.45, 2.75) is 27.2 Å². The molecule has 1 aromatic rings. The zero-order chi connectivity index (χ0) is 15.8. The highest BCUT2D eigenvalue weighted by Crippen LogP contribution is 2.22. The van der Waals surface area contributed by atoms with Crippen LogP contribution in [-0.4, -0.2) is 25.0 Å². The molecule has 0 bridgehead atoms. The second kappa shape index (κ2) is 10.7. The summed E-state index contributed by atoms with van der Waals surface area (Å²) < 4.78 is 0. The summed E-state index contributed by atoms with van der Waals surface area (Å²) in [4.78, 5) is 16.0. The second-order valence-electron chi connectivity index (χ2n) is 5.33. The van der Waals surface area contributed by atoms with Crippen LogP contribution in [0, 0.1) is 12.8 Å². The summed E-state index contributed by atoms with van der Waals surface area (Å²) in [6.45, 7) is 7.18. The molecule has 7 heteroatoms. The molecule has 0 unspecified atom stereocenters. The van der Waals surface area contributed by atoms with Crippen LogP contribution in [0.5, 0.6) is 0 Å². The predicted molar refractivity (Wildman–Crippen MR) is 104 cm³/mol. The molecule has 0 fully saturated rings. The molecule has 0 radical (unpaired) electrons. The topological polar surface area (TPSA) is 79.5 Å². The van der Waals surface area contributed by atoms with E-state index in [1.807, 2.05) is 19.1 Å². The monoisotopic (exact) mass is 438 g/mol. The van der Waals surface area contributed by atoms with E-state index in [0.29, 0.717) is 42.1 Å². The van der Waals surface area contributed by atoms with E-state index in [9.17, 15) is 4.79 Å². The van der Waals surface area contributed by atoms with Crippen LogP contribution >= 0.6 is 35.6 Å². The van der Waals surface area contributed by atoms with Gasteiger partial charge in [-0.05, 0) is 30.5 Å². The van der Waals surface area contributed by atoms with E-state index in [4.69, 9.17) is 17.3 Å². The van der Waals surface area contributed by atoms with Gasteiger partial charge in [0.25, 0.3) is 0 Å². The number of aryl methyl sites for hydroxylation is 1. The Bertz CT molecular complexity index is 520. The quantitative estimate of drug-likeness (QED) is 0.363. The van der Waals surface area contributed by atoms with Gasteiger partial charge in [0.05, 0.1) is 10.7 Å². The average molecular weight is 439 g/mol. The average Bonchev–Trinajstić information content (AvgIpc) is 2.39. The van der Waals surface area contributed by atoms with Crippen molar-refractivity contribution in [1.82, 2.24) is 5.32 Å². The number of hydrogen-bond donors (Lipinski definition) is 3. The summed E-state index contributed by atoms with van der Waals surface area (Å²) in [6.07, 6.45) is 0.294. The fourth-order valence-corrected chi connectivity index (χ4v) is 1.86. The Hall–Kier alpha value is -1.02. The molecule has 5 nitrogen and oxygen atoms in total. The van der Waals surface area contributed by atoms with Gasteiger partial charge in [-0.2, -0.15) is 0 Å². The van der Waals surface area contributed by atoms with Gasteiger partial charge in [-0.25, -0.2) is 0 Å². The number of nitrogens with zero attached hydrogens (tertiary/aromatic N) is 1. The first-order valence-corrected chi connectivity index (χ1v) is 7.36. The number of hydrogen-bond acceptors (Lipinski definition) is 2. The number of amides is 1. The smallest absolute Gasteiger partial charge is 0.226 e. The summed E-state index contributed by atoms with van der Waals surface area (Å²) in [5.74, 6) is 0.701. The van der Waals surface area contributed by atoms with Crippen LogP contribution in [0.2, 0.25) is 5.02 Å². The fourth-order valence-electron chi connectivity index (χ4n) is 1.58. The largest absolute Gasteiger partial charge is 0.370 e. The van der Waals surface area contributed by atoms with Crippen LogP contribution < -0.4 is 16.4 Å². The normalized spacial score (nSPS) is 11.0. The standard InChI is InChI=1S/C15H23ClN4O.HI/c1-10(2)9-19-15(17)18-7-6-14(21)20-13-5-4-11(3)8-12(13)16;/h4-5,8,10H,6-7,9H2,1-3H3,(H,20,21)(H3,17,18,19);1H. The fraction of sp³-hybridized carbons (Fsp3) is 0.467. The zero-order valence-corrected chi connectivity index (χ0v) is 16.2. The van der Waals surface area contributed by atoms with E-state index in [1.165, 1.54) is 0 Å². The molecule has 0 aliphatic heterocycles. The minimum absolute atomic E-state index is 0. The molecular weight excluding hydrogens is 415 g/mol. The minimum atomic E-state index is -0.120. The van der Waals surface area contributed by atoms with Gasteiger partial charge < -0.3 is 16.4 Å². The Kier molecular flexibility index (Phi) is 10.2. The lowest BCUT2D eigenvalue weighted by atomic mass is 10.2. The molecule has 124 valence electrons. The van der Waals surface area contributed by atoms with Crippen molar-refractivity contribution in [2.75, 3.05) is 18.4 Å². The molecule has 0 aliphatic carbocycles. The molecule has 0 aromatic heterocycles. The van der Waals surface area contributed by atoms with Crippen LogP contribution in [0.1, 0.15) is 25.8 Å². The number of nitrogens with two attached hydrogens (primary N) is 1. The van der Waals surface area contributed by atoms with Gasteiger partial charge in [-0.3, -0.25) is 9.79 Å². The van der Waals surface area contributed by atoms with Crippen molar-refractivity contribution in [3.8, 4) is 0 Å². The Morgan fingerprint density at radius 1 is 1.41 bits per heavy atom. The summed E-state index contributed by atoms with van der Waals surface area (Å²) >= 11 is 6.06. The summed E-state index contributed by atoms with van der Waals surface area (Å²) in [6, 6.07) is 5.50. The van der Waals surface area contributed by atoms with Crippen LogP contribution in [0.3, 0.4) is 0 Å². The van der Waals surface area contributed by atoms with E-state index >= 15 is 0 Å². The van der Waals surface area contributed by atoms with Gasteiger partial charge in [0.15, 0.2) is 5.96 Å². The van der Waals surface area contributed by atoms with Crippen LogP contribution in [0.25, 0.3) is 0 Å². The number of nitrogens with one attached hydrogen (secondary N) is 2. The molecule has 1 aromatic carbocycles. The van der Waals surface area contributed by atoms with Crippen LogP contribution in [-0.2, 0) is 4.79 Å². The van der Waals surface area contributed by atoms with Crippen molar-refractivity contribution in [1.29, 1.82) is 0 Å². The molecule has 0 atom stereocenters. The highest BCUT2D eigenvalue weighted by atomic mass is 127. The van der Waals surface area contributed by atoms with E-state index in [1.54, 1.807) is 6.07 Å². The van der Waals surface area contributed by atoms with Gasteiger partial charge in [-0.1, -0.05) is 31.5 Å². The predicted octanol–water partition coefficient (Wildman–Crippen LogP) is 3.16. The van der Waals surface area contributed by atoms with Gasteiger partial charge in [0.2, 0.25) is 5.91 Å². The first-order valence-electron chi connectivity index (χ1n) is 6.98. The molecule has 1 amide bonds. The third kappa shape index (κ3) is 8.43. The van der Waals surface area contributed by atoms with E-state index < -0.39 is 0 Å². The van der Waals surface area contributed by atoms with Crippen LogP contribution in [0.15, 0.2) is 23.2 Å². The number of benzene rings is 1. The maximum Gasteiger partial charge on any atom is 0.226 e. The maximum atomic E-state index is 11.8. The number of carbonyl (C=O) groups is 1. The van der Waals surface area contributed by atoms with Crippen molar-refractivity contribution >= 4 is 53.1 Å². The van der Waals surface area contributed by atoms with E-state index in [2.05, 4.69) is 29.5 Å². The van der Waals surface area contributed by atoms with Gasteiger partial charge in [0.1, 0.15) is 0 Å². The molecule has 22 heavy (non-hydrogen) atoms. The summed E-state index contributed by atoms with van der Waals surface area (Å²) in [7, 11) is 0. The van der Waals surface area contributed by atoms with Crippen molar-refractivity contribution in [2.24, 2.45) is 16.6 Å². The molecule has 0 spiro atoms. The van der Waals surface area contributed by atoms with E-state index in [-0.39, 0.29) is 29.9 Å². The molecule has 0 saturated heterocycles. The third-order valence-electron chi connectivity index (χ3n) is 2.68. The molecule has 0 saturated carbocycles. The van der Waals surface area contributed by atoms with Crippen LogP contribution in [0.4, 0.5) is 5.69 Å². The van der Waals surface area contributed by atoms with Crippen molar-refractivity contribution in [3.05, 3.63) is 28.8 Å². The minimum Gasteiger partial charge on any atom is -0.370 e. The van der Waals surface area contributed by atoms with Gasteiger partial charge in [-0.15, -0.1) is 24.0 Å². The number of aliphatic imine (C=N–C) groups is 1. The van der Waals surface area contributed by atoms with Crippen molar-refractivity contribution < 1.29 is 4.79 Å². The number of guanidine groups is 1. The Labute approximate surface area is 154 Å². The second-order valence-corrected chi connectivity index (χ2v) is 5.74. The summed E-state index contributed by atoms with van der Waals surface area (Å²) in [5, 5.41) is 6.22. The molecule has 1 rings (SSSR count). The number of halogens is 2. The highest BCUT2D eigenvalue weighted by molar-refractivity contribution is 14.0. The van der Waals surface area contributed by atoms with Gasteiger partial charge >= 0.3 is 0 Å². The third-order valence-corrected chi connectivity index (χ3v) is 3.00. The number of anilines is 1. The number of carbonyl (C=O) groups excluding carboxylic acids is 1. The number of rotatable bonds is 6. The van der Waals surface area contributed by atoms with Gasteiger partial charge in [0, 0.05) is 19.5 Å². The highest BCUT2D eigenvalue weighted by Gasteiger charge is 2.06. The Balaban J connectivity index is 0.00000441. The summed E-state index contributed by atoms with van der Waals surface area (Å²) in [5.41, 5.74) is 7.36. The lowest BCUT2D eigenvalue weighted by Gasteiger charge is -2.09. The molecule has 0 heterocycles. The lowest BCUT2D eigenvalue weighted by molar-refractivity contribution is -0.116. The maximum absolute atomic E-state index is 11.8. The first-order chi connectivity index (χ1) is 9.88. The molecule has 4 N–H and O–H groups in total. The molecular formula is C15H24ClIN4O. The van der Waals surface area contributed by atoms with Crippen molar-refractivity contribution in [3.63, 3.8) is 0 Å². The SMILES string of the molecule is Cc1ccc(NC(=O)CCNC(N)=NCC(C)C)c(Cl)c1.I. The first kappa shape index (κ1) is 21.0. The Morgan fingerprint density at radius 2 is 2.09 bits per heavy atom.